The number of pyridine rings is 1. The van der Waals surface area contributed by atoms with Crippen LogP contribution in [0.4, 0.5) is 0 Å². The van der Waals surface area contributed by atoms with Crippen molar-refractivity contribution in [2.75, 3.05) is 13.1 Å². The highest BCUT2D eigenvalue weighted by Crippen LogP contribution is 2.37. The van der Waals surface area contributed by atoms with Gasteiger partial charge in [0, 0.05) is 39.4 Å². The summed E-state index contributed by atoms with van der Waals surface area (Å²) in [6.07, 6.45) is 7.88. The zero-order valence-electron chi connectivity index (χ0n) is 18.3. The van der Waals surface area contributed by atoms with E-state index >= 15 is 0 Å². The molecule has 0 bridgehead atoms. The van der Waals surface area contributed by atoms with Crippen LogP contribution in [-0.4, -0.2) is 32.5 Å². The van der Waals surface area contributed by atoms with Gasteiger partial charge in [-0.25, -0.2) is 4.52 Å². The Bertz CT molecular complexity index is 1400. The van der Waals surface area contributed by atoms with Crippen molar-refractivity contribution in [2.45, 2.75) is 36.1 Å². The molecule has 1 saturated heterocycles. The molecule has 3 aromatic heterocycles. The number of rotatable bonds is 5. The Morgan fingerprint density at radius 3 is 2.76 bits per heavy atom. The van der Waals surface area contributed by atoms with Gasteiger partial charge < -0.3 is 5.32 Å². The summed E-state index contributed by atoms with van der Waals surface area (Å²) in [5.41, 5.74) is 5.01. The van der Waals surface area contributed by atoms with Gasteiger partial charge in [0.05, 0.1) is 29.0 Å². The fourth-order valence-corrected chi connectivity index (χ4v) is 5.49. The van der Waals surface area contributed by atoms with Crippen molar-refractivity contribution in [3.05, 3.63) is 65.7 Å². The molecule has 1 aliphatic rings. The van der Waals surface area contributed by atoms with Crippen molar-refractivity contribution >= 4 is 17.3 Å². The molecule has 1 atom stereocenters. The largest absolute Gasteiger partial charge is 0.316 e. The molecule has 8 heteroatoms. The van der Waals surface area contributed by atoms with Crippen LogP contribution in [0.15, 0.2) is 58.7 Å². The zero-order valence-corrected chi connectivity index (χ0v) is 19.1. The number of nitrogens with zero attached hydrogens (tertiary/aromatic N) is 6. The minimum Gasteiger partial charge on any atom is -0.316 e. The van der Waals surface area contributed by atoms with E-state index in [1.54, 1.807) is 16.8 Å². The van der Waals surface area contributed by atoms with E-state index in [-0.39, 0.29) is 0 Å². The van der Waals surface area contributed by atoms with Crippen LogP contribution in [-0.2, 0) is 6.54 Å². The summed E-state index contributed by atoms with van der Waals surface area (Å²) in [5.74, 6) is 0.589. The predicted octanol–water partition coefficient (Wildman–Crippen LogP) is 4.40. The number of hydrogen-bond donors (Lipinski definition) is 1. The summed E-state index contributed by atoms with van der Waals surface area (Å²) in [4.78, 5) is 1.73. The third-order valence-corrected chi connectivity index (χ3v) is 7.28. The standard InChI is InChI=1S/C25H23N7S/c1-17-22(14-30-31(17)15-18-5-4-8-28-12-18)20-9-24(25-21(11-27)13-29-32(25)16-20)33-23-7-3-2-6-19(23)10-26/h2-3,6-7,9,13-14,16,18,28H,4-5,8,12,15H2,1H3/t18-/m0/s1. The number of hydrogen-bond acceptors (Lipinski definition) is 6. The van der Waals surface area contributed by atoms with Gasteiger partial charge in [0.2, 0.25) is 0 Å². The van der Waals surface area contributed by atoms with Crippen molar-refractivity contribution in [1.82, 2.24) is 24.7 Å². The SMILES string of the molecule is Cc1c(-c2cc(Sc3ccccc3C#N)c3c(C#N)cnn3c2)cnn1C[C@H]1CCCNC1. The Kier molecular flexibility index (Phi) is 5.87. The van der Waals surface area contributed by atoms with Crippen molar-refractivity contribution in [2.24, 2.45) is 5.92 Å². The second kappa shape index (κ2) is 9.11. The van der Waals surface area contributed by atoms with E-state index in [0.717, 1.165) is 51.8 Å². The van der Waals surface area contributed by atoms with Crippen LogP contribution in [0, 0.1) is 35.5 Å². The van der Waals surface area contributed by atoms with Crippen LogP contribution in [0.1, 0.15) is 29.7 Å². The van der Waals surface area contributed by atoms with Crippen LogP contribution < -0.4 is 5.32 Å². The summed E-state index contributed by atoms with van der Waals surface area (Å²) in [7, 11) is 0. The molecule has 1 fully saturated rings. The molecule has 164 valence electrons. The number of aromatic nitrogens is 4. The molecule has 0 saturated carbocycles. The molecule has 7 nitrogen and oxygen atoms in total. The number of nitrogens with one attached hydrogen (secondary N) is 1. The van der Waals surface area contributed by atoms with Crippen molar-refractivity contribution in [3.63, 3.8) is 0 Å². The van der Waals surface area contributed by atoms with Gasteiger partial charge in [-0.15, -0.1) is 0 Å². The summed E-state index contributed by atoms with van der Waals surface area (Å²) < 4.78 is 3.85. The minimum atomic E-state index is 0.510. The Morgan fingerprint density at radius 1 is 1.12 bits per heavy atom. The Labute approximate surface area is 196 Å². The Balaban J connectivity index is 1.56. The maximum Gasteiger partial charge on any atom is 0.103 e. The maximum atomic E-state index is 9.62. The third-order valence-electron chi connectivity index (χ3n) is 6.17. The number of piperidine rings is 1. The topological polar surface area (TPSA) is 94.7 Å². The van der Waals surface area contributed by atoms with Crippen molar-refractivity contribution in [3.8, 4) is 23.3 Å². The lowest BCUT2D eigenvalue weighted by Gasteiger charge is -2.23. The van der Waals surface area contributed by atoms with E-state index in [1.165, 1.54) is 24.6 Å². The fraction of sp³-hybridized carbons (Fsp3) is 0.280. The Hall–Kier alpha value is -3.59. The molecule has 0 aliphatic carbocycles. The normalized spacial score (nSPS) is 15.9. The van der Waals surface area contributed by atoms with Gasteiger partial charge >= 0.3 is 0 Å². The van der Waals surface area contributed by atoms with Crippen molar-refractivity contribution < 1.29 is 0 Å². The molecule has 1 N–H and O–H groups in total. The monoisotopic (exact) mass is 453 g/mol. The first-order chi connectivity index (χ1) is 16.2. The molecule has 1 aliphatic heterocycles. The number of fused-ring (bicyclic) bond motifs is 1. The second-order valence-corrected chi connectivity index (χ2v) is 9.39. The van der Waals surface area contributed by atoms with Crippen LogP contribution in [0.25, 0.3) is 16.6 Å². The summed E-state index contributed by atoms with van der Waals surface area (Å²) in [5, 5.41) is 31.7. The van der Waals surface area contributed by atoms with E-state index in [4.69, 9.17) is 0 Å². The van der Waals surface area contributed by atoms with Crippen LogP contribution in [0.2, 0.25) is 0 Å². The molecular formula is C25H23N7S. The average Bonchev–Trinajstić information content (AvgIpc) is 3.43. The predicted molar refractivity (Wildman–Crippen MR) is 127 cm³/mol. The summed E-state index contributed by atoms with van der Waals surface area (Å²) in [6, 6.07) is 14.1. The lowest BCUT2D eigenvalue weighted by atomic mass is 9.99. The molecule has 1 aromatic carbocycles. The second-order valence-electron chi connectivity index (χ2n) is 8.30. The van der Waals surface area contributed by atoms with Crippen LogP contribution in [0.5, 0.6) is 0 Å². The maximum absolute atomic E-state index is 9.62. The average molecular weight is 454 g/mol. The lowest BCUT2D eigenvalue weighted by molar-refractivity contribution is 0.323. The van der Waals surface area contributed by atoms with Crippen LogP contribution in [0.3, 0.4) is 0 Å². The highest BCUT2D eigenvalue weighted by atomic mass is 32.2. The van der Waals surface area contributed by atoms with Gasteiger partial charge in [-0.05, 0) is 57.0 Å². The molecule has 0 unspecified atom stereocenters. The van der Waals surface area contributed by atoms with Gasteiger partial charge in [0.15, 0.2) is 0 Å². The molecular weight excluding hydrogens is 430 g/mol. The first-order valence-electron chi connectivity index (χ1n) is 11.0. The smallest absolute Gasteiger partial charge is 0.103 e. The van der Waals surface area contributed by atoms with Gasteiger partial charge in [-0.1, -0.05) is 23.9 Å². The molecule has 0 radical (unpaired) electrons. The van der Waals surface area contributed by atoms with Gasteiger partial charge in [-0.3, -0.25) is 4.68 Å². The van der Waals surface area contributed by atoms with E-state index in [9.17, 15) is 10.5 Å². The number of nitriles is 2. The molecule has 33 heavy (non-hydrogen) atoms. The summed E-state index contributed by atoms with van der Waals surface area (Å²) in [6.45, 7) is 5.14. The number of benzene rings is 1. The highest BCUT2D eigenvalue weighted by Gasteiger charge is 2.19. The van der Waals surface area contributed by atoms with Gasteiger partial charge in [-0.2, -0.15) is 20.7 Å². The third kappa shape index (κ3) is 4.11. The van der Waals surface area contributed by atoms with E-state index < -0.39 is 0 Å². The minimum absolute atomic E-state index is 0.510. The Morgan fingerprint density at radius 2 is 1.97 bits per heavy atom. The van der Waals surface area contributed by atoms with Crippen molar-refractivity contribution in [1.29, 1.82) is 10.5 Å². The molecule has 0 amide bonds. The van der Waals surface area contributed by atoms with Gasteiger partial charge in [0.25, 0.3) is 0 Å². The zero-order chi connectivity index (χ0) is 22.8. The first kappa shape index (κ1) is 21.3. The van der Waals surface area contributed by atoms with Gasteiger partial charge in [0.1, 0.15) is 12.1 Å². The van der Waals surface area contributed by atoms with E-state index in [1.807, 2.05) is 30.6 Å². The molecule has 0 spiro atoms. The quantitative estimate of drug-likeness (QED) is 0.481. The molecule has 4 aromatic rings. The highest BCUT2D eigenvalue weighted by molar-refractivity contribution is 7.99. The lowest BCUT2D eigenvalue weighted by Crippen LogP contribution is -2.32. The van der Waals surface area contributed by atoms with Crippen LogP contribution >= 0.6 is 11.8 Å². The van der Waals surface area contributed by atoms with E-state index in [2.05, 4.69) is 45.3 Å². The summed E-state index contributed by atoms with van der Waals surface area (Å²) >= 11 is 1.48. The fourth-order valence-electron chi connectivity index (χ4n) is 4.40. The van der Waals surface area contributed by atoms with E-state index in [0.29, 0.717) is 17.0 Å². The molecule has 4 heterocycles. The first-order valence-corrected chi connectivity index (χ1v) is 11.8. The molecule has 5 rings (SSSR count).